The molecule has 4 heteroatoms. The van der Waals surface area contributed by atoms with E-state index in [9.17, 15) is 4.39 Å². The third-order valence-corrected chi connectivity index (χ3v) is 5.66. The lowest BCUT2D eigenvalue weighted by molar-refractivity contribution is 0.262. The summed E-state index contributed by atoms with van der Waals surface area (Å²) in [5.74, 6) is 2.47. The van der Waals surface area contributed by atoms with Crippen LogP contribution in [0.3, 0.4) is 0 Å². The standard InChI is InChI=1S/C23H25FN2O/c1-2-3-16-4-6-20(7-5-16)23-25-22(26-27-23)19-10-8-17(9-11-19)18-12-14-21(24)15-13-18/h8-16,20H,2-7H2,1H3. The van der Waals surface area contributed by atoms with Crippen molar-refractivity contribution in [2.75, 3.05) is 0 Å². The largest absolute Gasteiger partial charge is 0.339 e. The van der Waals surface area contributed by atoms with Gasteiger partial charge in [-0.25, -0.2) is 4.39 Å². The smallest absolute Gasteiger partial charge is 0.230 e. The molecule has 0 radical (unpaired) electrons. The molecule has 0 unspecified atom stereocenters. The minimum atomic E-state index is -0.224. The molecule has 3 aromatic rings. The topological polar surface area (TPSA) is 38.9 Å². The Bertz CT molecular complexity index is 862. The second-order valence-electron chi connectivity index (χ2n) is 7.55. The first kappa shape index (κ1) is 17.9. The molecule has 1 fully saturated rings. The number of aromatic nitrogens is 2. The molecule has 3 nitrogen and oxygen atoms in total. The van der Waals surface area contributed by atoms with E-state index in [4.69, 9.17) is 4.52 Å². The van der Waals surface area contributed by atoms with Crippen molar-refractivity contribution in [2.45, 2.75) is 51.4 Å². The molecule has 0 saturated heterocycles. The fraction of sp³-hybridized carbons (Fsp3) is 0.391. The van der Waals surface area contributed by atoms with Gasteiger partial charge in [-0.05, 0) is 54.9 Å². The highest BCUT2D eigenvalue weighted by Crippen LogP contribution is 2.37. The zero-order chi connectivity index (χ0) is 18.6. The van der Waals surface area contributed by atoms with Crippen LogP contribution < -0.4 is 0 Å². The van der Waals surface area contributed by atoms with E-state index in [0.717, 1.165) is 41.3 Å². The predicted octanol–water partition coefficient (Wildman–Crippen LogP) is 6.62. The van der Waals surface area contributed by atoms with E-state index < -0.39 is 0 Å². The summed E-state index contributed by atoms with van der Waals surface area (Å²) in [6.45, 7) is 2.26. The van der Waals surface area contributed by atoms with E-state index in [2.05, 4.69) is 17.1 Å². The van der Waals surface area contributed by atoms with Gasteiger partial charge < -0.3 is 4.52 Å². The lowest BCUT2D eigenvalue weighted by Gasteiger charge is -2.25. The first-order chi connectivity index (χ1) is 13.2. The maximum Gasteiger partial charge on any atom is 0.230 e. The van der Waals surface area contributed by atoms with Crippen molar-refractivity contribution in [3.8, 4) is 22.5 Å². The summed E-state index contributed by atoms with van der Waals surface area (Å²) in [5.41, 5.74) is 2.97. The van der Waals surface area contributed by atoms with Gasteiger partial charge in [-0.2, -0.15) is 4.98 Å². The lowest BCUT2D eigenvalue weighted by Crippen LogP contribution is -2.13. The normalized spacial score (nSPS) is 19.9. The second kappa shape index (κ2) is 8.03. The van der Waals surface area contributed by atoms with Gasteiger partial charge in [0, 0.05) is 11.5 Å². The van der Waals surface area contributed by atoms with Crippen molar-refractivity contribution in [1.82, 2.24) is 10.1 Å². The van der Waals surface area contributed by atoms with Gasteiger partial charge in [0.15, 0.2) is 0 Å². The molecule has 1 aliphatic carbocycles. The minimum absolute atomic E-state index is 0.224. The van der Waals surface area contributed by atoms with Crippen LogP contribution in [0.2, 0.25) is 0 Å². The Hall–Kier alpha value is -2.49. The number of halogens is 1. The second-order valence-corrected chi connectivity index (χ2v) is 7.55. The fourth-order valence-electron chi connectivity index (χ4n) is 4.08. The molecule has 0 amide bonds. The Morgan fingerprint density at radius 2 is 1.48 bits per heavy atom. The predicted molar refractivity (Wildman–Crippen MR) is 105 cm³/mol. The summed E-state index contributed by atoms with van der Waals surface area (Å²) in [5, 5.41) is 4.20. The van der Waals surface area contributed by atoms with Crippen LogP contribution >= 0.6 is 0 Å². The van der Waals surface area contributed by atoms with E-state index in [-0.39, 0.29) is 5.82 Å². The van der Waals surface area contributed by atoms with Gasteiger partial charge in [-0.1, -0.05) is 61.3 Å². The van der Waals surface area contributed by atoms with Gasteiger partial charge in [0.1, 0.15) is 5.82 Å². The van der Waals surface area contributed by atoms with Crippen molar-refractivity contribution in [3.63, 3.8) is 0 Å². The first-order valence-corrected chi connectivity index (χ1v) is 9.93. The quantitative estimate of drug-likeness (QED) is 0.511. The Balaban J connectivity index is 1.45. The molecule has 0 bridgehead atoms. The van der Waals surface area contributed by atoms with Crippen LogP contribution in [-0.4, -0.2) is 10.1 Å². The van der Waals surface area contributed by atoms with Crippen LogP contribution in [0.4, 0.5) is 4.39 Å². The fourth-order valence-corrected chi connectivity index (χ4v) is 4.08. The number of hydrogen-bond acceptors (Lipinski definition) is 3. The molecular formula is C23H25FN2O. The van der Waals surface area contributed by atoms with Crippen LogP contribution in [0.5, 0.6) is 0 Å². The molecule has 0 N–H and O–H groups in total. The Morgan fingerprint density at radius 3 is 2.11 bits per heavy atom. The number of nitrogens with zero attached hydrogens (tertiary/aromatic N) is 2. The van der Waals surface area contributed by atoms with Crippen LogP contribution in [-0.2, 0) is 0 Å². The molecule has 4 rings (SSSR count). The van der Waals surface area contributed by atoms with Crippen molar-refractivity contribution in [1.29, 1.82) is 0 Å². The molecule has 0 atom stereocenters. The maximum absolute atomic E-state index is 13.1. The summed E-state index contributed by atoms with van der Waals surface area (Å²) >= 11 is 0. The molecule has 1 aliphatic rings. The van der Waals surface area contributed by atoms with Gasteiger partial charge in [0.05, 0.1) is 0 Å². The highest BCUT2D eigenvalue weighted by molar-refractivity contribution is 5.67. The summed E-state index contributed by atoms with van der Waals surface area (Å²) < 4.78 is 18.7. The molecule has 1 saturated carbocycles. The molecule has 2 aromatic carbocycles. The van der Waals surface area contributed by atoms with E-state index in [1.807, 2.05) is 24.3 Å². The van der Waals surface area contributed by atoms with Gasteiger partial charge >= 0.3 is 0 Å². The van der Waals surface area contributed by atoms with E-state index >= 15 is 0 Å². The third-order valence-electron chi connectivity index (χ3n) is 5.66. The van der Waals surface area contributed by atoms with Crippen molar-refractivity contribution < 1.29 is 8.91 Å². The van der Waals surface area contributed by atoms with E-state index in [1.165, 1.54) is 37.8 Å². The van der Waals surface area contributed by atoms with Gasteiger partial charge in [-0.15, -0.1) is 0 Å². The zero-order valence-corrected chi connectivity index (χ0v) is 15.7. The van der Waals surface area contributed by atoms with Gasteiger partial charge in [-0.3, -0.25) is 0 Å². The highest BCUT2D eigenvalue weighted by atomic mass is 19.1. The summed E-state index contributed by atoms with van der Waals surface area (Å²) in [6.07, 6.45) is 7.44. The van der Waals surface area contributed by atoms with Crippen LogP contribution in [0, 0.1) is 11.7 Å². The van der Waals surface area contributed by atoms with Crippen LogP contribution in [0.1, 0.15) is 57.3 Å². The average Bonchev–Trinajstić information content (AvgIpc) is 3.20. The highest BCUT2D eigenvalue weighted by Gasteiger charge is 2.26. The summed E-state index contributed by atoms with van der Waals surface area (Å²) in [7, 11) is 0. The maximum atomic E-state index is 13.1. The van der Waals surface area contributed by atoms with Crippen LogP contribution in [0.15, 0.2) is 53.1 Å². The summed E-state index contributed by atoms with van der Waals surface area (Å²) in [6, 6.07) is 14.5. The zero-order valence-electron chi connectivity index (χ0n) is 15.7. The summed E-state index contributed by atoms with van der Waals surface area (Å²) in [4.78, 5) is 4.66. The Labute approximate surface area is 159 Å². The SMILES string of the molecule is CCCC1CCC(c2nc(-c3ccc(-c4ccc(F)cc4)cc3)no2)CC1. The monoisotopic (exact) mass is 364 g/mol. The number of benzene rings is 2. The Morgan fingerprint density at radius 1 is 0.889 bits per heavy atom. The first-order valence-electron chi connectivity index (χ1n) is 9.93. The average molecular weight is 364 g/mol. The van der Waals surface area contributed by atoms with Gasteiger partial charge in [0.2, 0.25) is 11.7 Å². The molecule has 0 aliphatic heterocycles. The number of rotatable bonds is 5. The molecule has 0 spiro atoms. The molecular weight excluding hydrogens is 339 g/mol. The molecule has 1 aromatic heterocycles. The number of hydrogen-bond donors (Lipinski definition) is 0. The van der Waals surface area contributed by atoms with Gasteiger partial charge in [0.25, 0.3) is 0 Å². The van der Waals surface area contributed by atoms with Crippen molar-refractivity contribution >= 4 is 0 Å². The molecule has 140 valence electrons. The molecule has 27 heavy (non-hydrogen) atoms. The minimum Gasteiger partial charge on any atom is -0.339 e. The lowest BCUT2D eigenvalue weighted by atomic mass is 9.80. The van der Waals surface area contributed by atoms with E-state index in [1.54, 1.807) is 12.1 Å². The van der Waals surface area contributed by atoms with Crippen LogP contribution in [0.25, 0.3) is 22.5 Å². The van der Waals surface area contributed by atoms with E-state index in [0.29, 0.717) is 11.7 Å². The van der Waals surface area contributed by atoms with Crippen molar-refractivity contribution in [2.24, 2.45) is 5.92 Å². The van der Waals surface area contributed by atoms with Crippen molar-refractivity contribution in [3.05, 3.63) is 60.2 Å². The molecule has 1 heterocycles. The Kier molecular flexibility index (Phi) is 5.33. The third kappa shape index (κ3) is 4.10.